The van der Waals surface area contributed by atoms with Crippen molar-refractivity contribution in [3.63, 3.8) is 0 Å². The molecule has 25 heavy (non-hydrogen) atoms. The molecule has 0 aliphatic carbocycles. The molecular weight excluding hydrogens is 344 g/mol. The molecule has 0 atom stereocenters. The van der Waals surface area contributed by atoms with Crippen molar-refractivity contribution in [2.24, 2.45) is 5.92 Å². The van der Waals surface area contributed by atoms with Gasteiger partial charge in [0.05, 0.1) is 5.56 Å². The maximum Gasteiger partial charge on any atom is 0.341 e. The van der Waals surface area contributed by atoms with E-state index in [-0.39, 0.29) is 28.3 Å². The molecule has 7 heteroatoms. The van der Waals surface area contributed by atoms with Gasteiger partial charge in [-0.3, -0.25) is 9.59 Å². The van der Waals surface area contributed by atoms with Crippen LogP contribution in [-0.4, -0.2) is 29.3 Å². The fraction of sp³-hybridized carbons (Fsp3) is 0.222. The Morgan fingerprint density at radius 2 is 1.84 bits per heavy atom. The molecule has 1 N–H and O–H groups in total. The SMILES string of the molecule is CC(C)C(=O)Nc1ccc(C(=O)COC(=O)c2cccnc2Cl)cc1. The highest BCUT2D eigenvalue weighted by Crippen LogP contribution is 2.14. The molecule has 0 bridgehead atoms. The first-order chi connectivity index (χ1) is 11.9. The minimum Gasteiger partial charge on any atom is -0.454 e. The van der Waals surface area contributed by atoms with Crippen molar-refractivity contribution >= 4 is 34.9 Å². The summed E-state index contributed by atoms with van der Waals surface area (Å²) in [7, 11) is 0. The Balaban J connectivity index is 1.94. The van der Waals surface area contributed by atoms with E-state index in [0.29, 0.717) is 11.3 Å². The number of nitrogens with zero attached hydrogens (tertiary/aromatic N) is 1. The molecule has 1 aromatic heterocycles. The predicted molar refractivity (Wildman–Crippen MR) is 93.8 cm³/mol. The fourth-order valence-electron chi connectivity index (χ4n) is 1.86. The molecule has 0 unspecified atom stereocenters. The van der Waals surface area contributed by atoms with Gasteiger partial charge in [0.25, 0.3) is 0 Å². The lowest BCUT2D eigenvalue weighted by atomic mass is 10.1. The highest BCUT2D eigenvalue weighted by Gasteiger charge is 2.15. The molecule has 0 aliphatic heterocycles. The highest BCUT2D eigenvalue weighted by atomic mass is 35.5. The van der Waals surface area contributed by atoms with Gasteiger partial charge in [-0.15, -0.1) is 0 Å². The molecular formula is C18H17ClN2O4. The summed E-state index contributed by atoms with van der Waals surface area (Å²) in [6, 6.07) is 9.37. The van der Waals surface area contributed by atoms with Crippen molar-refractivity contribution in [3.05, 3.63) is 58.9 Å². The van der Waals surface area contributed by atoms with Gasteiger partial charge in [0.1, 0.15) is 5.15 Å². The van der Waals surface area contributed by atoms with Crippen LogP contribution < -0.4 is 5.32 Å². The van der Waals surface area contributed by atoms with Crippen molar-refractivity contribution in [1.29, 1.82) is 0 Å². The summed E-state index contributed by atoms with van der Waals surface area (Å²) < 4.78 is 4.97. The van der Waals surface area contributed by atoms with Crippen molar-refractivity contribution in [1.82, 2.24) is 4.98 Å². The number of esters is 1. The molecule has 2 rings (SSSR count). The number of hydrogen-bond acceptors (Lipinski definition) is 5. The molecule has 0 fully saturated rings. The Labute approximate surface area is 150 Å². The highest BCUT2D eigenvalue weighted by molar-refractivity contribution is 6.32. The van der Waals surface area contributed by atoms with Gasteiger partial charge in [-0.25, -0.2) is 9.78 Å². The van der Waals surface area contributed by atoms with E-state index in [1.807, 2.05) is 0 Å². The van der Waals surface area contributed by atoms with Crippen molar-refractivity contribution in [2.75, 3.05) is 11.9 Å². The van der Waals surface area contributed by atoms with Gasteiger partial charge >= 0.3 is 5.97 Å². The van der Waals surface area contributed by atoms with Crippen LogP contribution in [0.15, 0.2) is 42.6 Å². The zero-order valence-corrected chi connectivity index (χ0v) is 14.5. The lowest BCUT2D eigenvalue weighted by Crippen LogP contribution is -2.18. The normalized spacial score (nSPS) is 10.4. The quantitative estimate of drug-likeness (QED) is 0.485. The summed E-state index contributed by atoms with van der Waals surface area (Å²) >= 11 is 5.80. The molecule has 0 saturated carbocycles. The van der Waals surface area contributed by atoms with Gasteiger partial charge in [-0.1, -0.05) is 25.4 Å². The maximum atomic E-state index is 12.1. The van der Waals surface area contributed by atoms with Crippen LogP contribution in [0.2, 0.25) is 5.15 Å². The first kappa shape index (κ1) is 18.6. The Morgan fingerprint density at radius 3 is 2.44 bits per heavy atom. The fourth-order valence-corrected chi connectivity index (χ4v) is 2.05. The number of aromatic nitrogens is 1. The van der Waals surface area contributed by atoms with Gasteiger partial charge in [0.2, 0.25) is 5.91 Å². The Morgan fingerprint density at radius 1 is 1.16 bits per heavy atom. The summed E-state index contributed by atoms with van der Waals surface area (Å²) in [5.41, 5.74) is 1.06. The number of benzene rings is 1. The van der Waals surface area contributed by atoms with E-state index >= 15 is 0 Å². The summed E-state index contributed by atoms with van der Waals surface area (Å²) in [5.74, 6) is -1.33. The minimum atomic E-state index is -0.715. The average Bonchev–Trinajstić information content (AvgIpc) is 2.60. The number of halogens is 1. The number of pyridine rings is 1. The monoisotopic (exact) mass is 360 g/mol. The number of anilines is 1. The van der Waals surface area contributed by atoms with Gasteiger partial charge < -0.3 is 10.1 Å². The second-order valence-electron chi connectivity index (χ2n) is 5.56. The molecule has 0 saturated heterocycles. The molecule has 1 amide bonds. The van der Waals surface area contributed by atoms with Crippen molar-refractivity contribution in [2.45, 2.75) is 13.8 Å². The zero-order chi connectivity index (χ0) is 18.4. The largest absolute Gasteiger partial charge is 0.454 e. The number of hydrogen-bond donors (Lipinski definition) is 1. The number of amides is 1. The molecule has 0 aliphatic rings. The first-order valence-corrected chi connectivity index (χ1v) is 7.98. The third-order valence-electron chi connectivity index (χ3n) is 3.31. The third-order valence-corrected chi connectivity index (χ3v) is 3.61. The number of carbonyl (C=O) groups is 3. The lowest BCUT2D eigenvalue weighted by molar-refractivity contribution is -0.118. The van der Waals surface area contributed by atoms with Crippen molar-refractivity contribution < 1.29 is 19.1 Å². The lowest BCUT2D eigenvalue weighted by Gasteiger charge is -2.08. The zero-order valence-electron chi connectivity index (χ0n) is 13.8. The van der Waals surface area contributed by atoms with E-state index in [1.54, 1.807) is 44.2 Å². The van der Waals surface area contributed by atoms with Crippen LogP contribution in [0, 0.1) is 5.92 Å². The predicted octanol–water partition coefficient (Wildman–Crippen LogP) is 3.37. The van der Waals surface area contributed by atoms with Gasteiger partial charge in [0.15, 0.2) is 12.4 Å². The van der Waals surface area contributed by atoms with Crippen molar-refractivity contribution in [3.8, 4) is 0 Å². The Bertz CT molecular complexity index is 788. The van der Waals surface area contributed by atoms with Crippen LogP contribution in [0.1, 0.15) is 34.6 Å². The summed E-state index contributed by atoms with van der Waals surface area (Å²) in [6.45, 7) is 3.16. The van der Waals surface area contributed by atoms with Crippen LogP contribution in [0.25, 0.3) is 0 Å². The average molecular weight is 361 g/mol. The van der Waals surface area contributed by atoms with E-state index in [2.05, 4.69) is 10.3 Å². The molecule has 6 nitrogen and oxygen atoms in total. The number of ketones is 1. The van der Waals surface area contributed by atoms with Gasteiger partial charge in [-0.05, 0) is 36.4 Å². The Kier molecular flexibility index (Phi) is 6.25. The maximum absolute atomic E-state index is 12.1. The van der Waals surface area contributed by atoms with Crippen LogP contribution in [0.5, 0.6) is 0 Å². The van der Waals surface area contributed by atoms with E-state index < -0.39 is 12.6 Å². The van der Waals surface area contributed by atoms with Crippen LogP contribution in [0.3, 0.4) is 0 Å². The van der Waals surface area contributed by atoms with E-state index in [0.717, 1.165) is 0 Å². The number of carbonyl (C=O) groups excluding carboxylic acids is 3. The van der Waals surface area contributed by atoms with Gasteiger partial charge in [-0.2, -0.15) is 0 Å². The summed E-state index contributed by atoms with van der Waals surface area (Å²) in [5, 5.41) is 2.75. The second kappa shape index (κ2) is 8.39. The van der Waals surface area contributed by atoms with E-state index in [1.165, 1.54) is 12.3 Å². The number of nitrogens with one attached hydrogen (secondary N) is 1. The van der Waals surface area contributed by atoms with Crippen LogP contribution in [0.4, 0.5) is 5.69 Å². The summed E-state index contributed by atoms with van der Waals surface area (Å²) in [6.07, 6.45) is 1.45. The third kappa shape index (κ3) is 5.12. The molecule has 130 valence electrons. The minimum absolute atomic E-state index is 0.0187. The Hall–Kier alpha value is -2.73. The molecule has 1 aromatic carbocycles. The van der Waals surface area contributed by atoms with E-state index in [4.69, 9.17) is 16.3 Å². The van der Waals surface area contributed by atoms with Crippen LogP contribution >= 0.6 is 11.6 Å². The number of rotatable bonds is 6. The van der Waals surface area contributed by atoms with Gasteiger partial charge in [0, 0.05) is 23.4 Å². The molecule has 2 aromatic rings. The first-order valence-electron chi connectivity index (χ1n) is 7.60. The number of ether oxygens (including phenoxy) is 1. The molecule has 1 heterocycles. The standard InChI is InChI=1S/C18H17ClN2O4/c1-11(2)17(23)21-13-7-5-12(6-8-13)15(22)10-25-18(24)14-4-3-9-20-16(14)19/h3-9,11H,10H2,1-2H3,(H,21,23). The topological polar surface area (TPSA) is 85.4 Å². The number of Topliss-reactive ketones (excluding diaryl/α,β-unsaturated/α-hetero) is 1. The molecule has 0 radical (unpaired) electrons. The second-order valence-corrected chi connectivity index (χ2v) is 5.92. The smallest absolute Gasteiger partial charge is 0.341 e. The van der Waals surface area contributed by atoms with Crippen LogP contribution in [-0.2, 0) is 9.53 Å². The molecule has 0 spiro atoms. The van der Waals surface area contributed by atoms with E-state index in [9.17, 15) is 14.4 Å². The summed E-state index contributed by atoms with van der Waals surface area (Å²) in [4.78, 5) is 39.4.